The molecule has 2 N–H and O–H groups in total. The number of halogens is 1. The topological polar surface area (TPSA) is 82.0 Å². The van der Waals surface area contributed by atoms with Gasteiger partial charge in [-0.05, 0) is 22.4 Å². The minimum atomic E-state index is -0.435. The Bertz CT molecular complexity index is 370. The highest BCUT2D eigenvalue weighted by atomic mass is 79.9. The van der Waals surface area contributed by atoms with E-state index in [4.69, 9.17) is 5.73 Å². The van der Waals surface area contributed by atoms with Crippen LogP contribution in [0.3, 0.4) is 0 Å². The van der Waals surface area contributed by atoms with Crippen molar-refractivity contribution < 1.29 is 4.92 Å². The summed E-state index contributed by atoms with van der Waals surface area (Å²) in [5, 5.41) is 10.7. The number of nitro groups is 1. The van der Waals surface area contributed by atoms with E-state index in [9.17, 15) is 10.1 Å². The third kappa shape index (κ3) is 3.24. The molecule has 1 heterocycles. The van der Waals surface area contributed by atoms with Crippen LogP contribution in [0.4, 0.5) is 5.69 Å². The van der Waals surface area contributed by atoms with Crippen molar-refractivity contribution in [2.45, 2.75) is 25.8 Å². The first kappa shape index (κ1) is 12.1. The van der Waals surface area contributed by atoms with Crippen LogP contribution in [-0.2, 0) is 6.42 Å². The van der Waals surface area contributed by atoms with Gasteiger partial charge in [-0.25, -0.2) is 0 Å². The quantitative estimate of drug-likeness (QED) is 0.672. The van der Waals surface area contributed by atoms with E-state index >= 15 is 0 Å². The lowest BCUT2D eigenvalue weighted by Gasteiger charge is -2.07. The SMILES string of the molecule is CCC(N)Cc1ncc(Br)cc1[N+](=O)[O-]. The molecule has 5 nitrogen and oxygen atoms in total. The van der Waals surface area contributed by atoms with Gasteiger partial charge in [0.15, 0.2) is 0 Å². The molecule has 0 bridgehead atoms. The average molecular weight is 274 g/mol. The molecule has 15 heavy (non-hydrogen) atoms. The van der Waals surface area contributed by atoms with E-state index in [0.29, 0.717) is 16.6 Å². The van der Waals surface area contributed by atoms with Gasteiger partial charge in [0, 0.05) is 29.2 Å². The van der Waals surface area contributed by atoms with E-state index in [0.717, 1.165) is 6.42 Å². The van der Waals surface area contributed by atoms with Gasteiger partial charge in [0.2, 0.25) is 0 Å². The molecule has 0 aliphatic carbocycles. The molecule has 82 valence electrons. The molecule has 1 aromatic rings. The highest BCUT2D eigenvalue weighted by Gasteiger charge is 2.17. The second-order valence-corrected chi connectivity index (χ2v) is 4.16. The summed E-state index contributed by atoms with van der Waals surface area (Å²) in [6.45, 7) is 1.94. The first-order valence-electron chi connectivity index (χ1n) is 4.59. The van der Waals surface area contributed by atoms with Crippen LogP contribution >= 0.6 is 15.9 Å². The molecule has 1 unspecified atom stereocenters. The number of aromatic nitrogens is 1. The highest BCUT2D eigenvalue weighted by molar-refractivity contribution is 9.10. The maximum absolute atomic E-state index is 10.7. The highest BCUT2D eigenvalue weighted by Crippen LogP contribution is 2.22. The fourth-order valence-corrected chi connectivity index (χ4v) is 1.48. The number of hydrogen-bond donors (Lipinski definition) is 1. The molecule has 0 radical (unpaired) electrons. The number of hydrogen-bond acceptors (Lipinski definition) is 4. The van der Waals surface area contributed by atoms with Gasteiger partial charge in [0.25, 0.3) is 5.69 Å². The van der Waals surface area contributed by atoms with E-state index in [1.165, 1.54) is 6.07 Å². The summed E-state index contributed by atoms with van der Waals surface area (Å²) < 4.78 is 0.600. The van der Waals surface area contributed by atoms with Crippen molar-refractivity contribution >= 4 is 21.6 Å². The Labute approximate surface area is 96.0 Å². The maximum Gasteiger partial charge on any atom is 0.291 e. The Kier molecular flexibility index (Phi) is 4.16. The van der Waals surface area contributed by atoms with Crippen LogP contribution in [0.1, 0.15) is 19.0 Å². The standard InChI is InChI=1S/C9H12BrN3O2/c1-2-7(11)4-8-9(13(14)15)3-6(10)5-12-8/h3,5,7H,2,4,11H2,1H3. The lowest BCUT2D eigenvalue weighted by molar-refractivity contribution is -0.386. The van der Waals surface area contributed by atoms with E-state index < -0.39 is 4.92 Å². The molecule has 0 aliphatic heterocycles. The maximum atomic E-state index is 10.7. The van der Waals surface area contributed by atoms with Crippen molar-refractivity contribution in [1.82, 2.24) is 4.98 Å². The summed E-state index contributed by atoms with van der Waals surface area (Å²) in [4.78, 5) is 14.3. The molecule has 0 fully saturated rings. The van der Waals surface area contributed by atoms with Crippen molar-refractivity contribution in [3.63, 3.8) is 0 Å². The summed E-state index contributed by atoms with van der Waals surface area (Å²) in [5.74, 6) is 0. The lowest BCUT2D eigenvalue weighted by Crippen LogP contribution is -2.22. The van der Waals surface area contributed by atoms with Crippen molar-refractivity contribution in [1.29, 1.82) is 0 Å². The van der Waals surface area contributed by atoms with E-state index in [2.05, 4.69) is 20.9 Å². The molecule has 6 heteroatoms. The van der Waals surface area contributed by atoms with Crippen molar-refractivity contribution in [2.75, 3.05) is 0 Å². The van der Waals surface area contributed by atoms with Crippen LogP contribution in [0.2, 0.25) is 0 Å². The largest absolute Gasteiger partial charge is 0.327 e. The van der Waals surface area contributed by atoms with Crippen LogP contribution in [0.15, 0.2) is 16.7 Å². The Morgan fingerprint density at radius 2 is 2.40 bits per heavy atom. The molecule has 0 spiro atoms. The van der Waals surface area contributed by atoms with Gasteiger partial charge >= 0.3 is 0 Å². The van der Waals surface area contributed by atoms with Crippen LogP contribution in [0.5, 0.6) is 0 Å². The Hall–Kier alpha value is -1.01. The van der Waals surface area contributed by atoms with Gasteiger partial charge < -0.3 is 5.73 Å². The van der Waals surface area contributed by atoms with Gasteiger partial charge in [0.1, 0.15) is 5.69 Å². The molecule has 0 saturated heterocycles. The molecule has 0 amide bonds. The predicted molar refractivity (Wildman–Crippen MR) is 60.6 cm³/mol. The van der Waals surface area contributed by atoms with Crippen molar-refractivity contribution in [2.24, 2.45) is 5.73 Å². The average Bonchev–Trinajstić information content (AvgIpc) is 2.20. The third-order valence-electron chi connectivity index (χ3n) is 2.09. The number of nitrogens with two attached hydrogens (primary N) is 1. The van der Waals surface area contributed by atoms with Crippen LogP contribution in [0.25, 0.3) is 0 Å². The Balaban J connectivity index is 3.01. The van der Waals surface area contributed by atoms with Crippen LogP contribution < -0.4 is 5.73 Å². The number of rotatable bonds is 4. The monoisotopic (exact) mass is 273 g/mol. The minimum absolute atomic E-state index is 0.0216. The van der Waals surface area contributed by atoms with E-state index in [1.54, 1.807) is 6.20 Å². The zero-order chi connectivity index (χ0) is 11.4. The van der Waals surface area contributed by atoms with Crippen LogP contribution in [0, 0.1) is 10.1 Å². The normalized spacial score (nSPS) is 12.5. The zero-order valence-corrected chi connectivity index (χ0v) is 9.90. The molecule has 0 aromatic carbocycles. The van der Waals surface area contributed by atoms with E-state index in [1.807, 2.05) is 6.92 Å². The molecule has 0 aliphatic rings. The molecular weight excluding hydrogens is 262 g/mol. The van der Waals surface area contributed by atoms with Gasteiger partial charge in [0.05, 0.1) is 4.92 Å². The predicted octanol–water partition coefficient (Wildman–Crippen LogP) is 2.03. The number of nitrogens with zero attached hydrogens (tertiary/aromatic N) is 2. The number of pyridine rings is 1. The second-order valence-electron chi connectivity index (χ2n) is 3.25. The second kappa shape index (κ2) is 5.18. The Morgan fingerprint density at radius 1 is 1.73 bits per heavy atom. The first-order valence-corrected chi connectivity index (χ1v) is 5.38. The first-order chi connectivity index (χ1) is 7.04. The summed E-state index contributed by atoms with van der Waals surface area (Å²) >= 11 is 3.15. The molecule has 0 saturated carbocycles. The van der Waals surface area contributed by atoms with Crippen molar-refractivity contribution in [3.05, 3.63) is 32.5 Å². The van der Waals surface area contributed by atoms with Crippen LogP contribution in [-0.4, -0.2) is 15.9 Å². The van der Waals surface area contributed by atoms with E-state index in [-0.39, 0.29) is 11.7 Å². The molecule has 1 rings (SSSR count). The van der Waals surface area contributed by atoms with Gasteiger partial charge in [-0.3, -0.25) is 15.1 Å². The zero-order valence-electron chi connectivity index (χ0n) is 8.31. The Morgan fingerprint density at radius 3 is 2.93 bits per heavy atom. The van der Waals surface area contributed by atoms with Gasteiger partial charge in [-0.2, -0.15) is 0 Å². The molecular formula is C9H12BrN3O2. The lowest BCUT2D eigenvalue weighted by atomic mass is 10.1. The minimum Gasteiger partial charge on any atom is -0.327 e. The van der Waals surface area contributed by atoms with Gasteiger partial charge in [-0.1, -0.05) is 6.92 Å². The summed E-state index contributed by atoms with van der Waals surface area (Å²) in [6.07, 6.45) is 2.75. The summed E-state index contributed by atoms with van der Waals surface area (Å²) in [6, 6.07) is 1.36. The smallest absolute Gasteiger partial charge is 0.291 e. The third-order valence-corrected chi connectivity index (χ3v) is 2.52. The van der Waals surface area contributed by atoms with Crippen molar-refractivity contribution in [3.8, 4) is 0 Å². The fraction of sp³-hybridized carbons (Fsp3) is 0.444. The fourth-order valence-electron chi connectivity index (χ4n) is 1.16. The summed E-state index contributed by atoms with van der Waals surface area (Å²) in [7, 11) is 0. The molecule has 1 aromatic heterocycles. The molecule has 1 atom stereocenters. The summed E-state index contributed by atoms with van der Waals surface area (Å²) in [5.41, 5.74) is 6.20. The van der Waals surface area contributed by atoms with Gasteiger partial charge in [-0.15, -0.1) is 0 Å².